The Labute approximate surface area is 145 Å². The quantitative estimate of drug-likeness (QED) is 0.352. The SMILES string of the molecule is CCC=CCC=CC[C@@H](O)C=CC=CC=C[C@@H](O)CCCC(=O)O. The first-order chi connectivity index (χ1) is 11.6. The summed E-state index contributed by atoms with van der Waals surface area (Å²) in [5.41, 5.74) is 0. The summed E-state index contributed by atoms with van der Waals surface area (Å²) < 4.78 is 0. The number of aliphatic hydroxyl groups excluding tert-OH is 2. The maximum atomic E-state index is 10.3. The number of allylic oxidation sites excluding steroid dienone is 7. The molecule has 0 spiro atoms. The highest BCUT2D eigenvalue weighted by molar-refractivity contribution is 5.66. The van der Waals surface area contributed by atoms with Gasteiger partial charge in [-0.15, -0.1) is 0 Å². The number of hydrogen-bond donors (Lipinski definition) is 3. The zero-order valence-electron chi connectivity index (χ0n) is 14.4. The number of carboxylic acids is 1. The molecule has 0 amide bonds. The van der Waals surface area contributed by atoms with Crippen LogP contribution in [-0.4, -0.2) is 33.5 Å². The number of hydrogen-bond acceptors (Lipinski definition) is 3. The summed E-state index contributed by atoms with van der Waals surface area (Å²) in [4.78, 5) is 10.3. The summed E-state index contributed by atoms with van der Waals surface area (Å²) in [7, 11) is 0. The third-order valence-electron chi connectivity index (χ3n) is 3.11. The lowest BCUT2D eigenvalue weighted by atomic mass is 10.1. The van der Waals surface area contributed by atoms with Crippen molar-refractivity contribution >= 4 is 5.97 Å². The summed E-state index contributed by atoms with van der Waals surface area (Å²) in [6.45, 7) is 2.09. The molecule has 0 unspecified atom stereocenters. The summed E-state index contributed by atoms with van der Waals surface area (Å²) in [6, 6.07) is 0. The van der Waals surface area contributed by atoms with Gasteiger partial charge in [0.05, 0.1) is 12.2 Å². The highest BCUT2D eigenvalue weighted by Crippen LogP contribution is 2.02. The minimum Gasteiger partial charge on any atom is -0.481 e. The molecule has 0 bridgehead atoms. The second-order valence-electron chi connectivity index (χ2n) is 5.40. The van der Waals surface area contributed by atoms with E-state index in [0.717, 1.165) is 12.8 Å². The van der Waals surface area contributed by atoms with Crippen LogP contribution in [0.15, 0.2) is 60.8 Å². The van der Waals surface area contributed by atoms with E-state index < -0.39 is 18.2 Å². The Balaban J connectivity index is 3.87. The zero-order valence-corrected chi connectivity index (χ0v) is 14.4. The lowest BCUT2D eigenvalue weighted by Gasteiger charge is -2.02. The molecule has 3 N–H and O–H groups in total. The van der Waals surface area contributed by atoms with Crippen LogP contribution in [0.5, 0.6) is 0 Å². The van der Waals surface area contributed by atoms with Gasteiger partial charge in [-0.3, -0.25) is 4.79 Å². The van der Waals surface area contributed by atoms with Crippen LogP contribution in [0.3, 0.4) is 0 Å². The molecular weight excluding hydrogens is 304 g/mol. The fraction of sp³-hybridized carbons (Fsp3) is 0.450. The lowest BCUT2D eigenvalue weighted by molar-refractivity contribution is -0.137. The Morgan fingerprint density at radius 2 is 1.54 bits per heavy atom. The summed E-state index contributed by atoms with van der Waals surface area (Å²) >= 11 is 0. The minimum atomic E-state index is -0.845. The van der Waals surface area contributed by atoms with E-state index in [0.29, 0.717) is 19.3 Å². The van der Waals surface area contributed by atoms with Gasteiger partial charge in [-0.2, -0.15) is 0 Å². The van der Waals surface area contributed by atoms with Gasteiger partial charge in [0.1, 0.15) is 0 Å². The van der Waals surface area contributed by atoms with Gasteiger partial charge in [-0.05, 0) is 32.1 Å². The van der Waals surface area contributed by atoms with Gasteiger partial charge in [0, 0.05) is 6.42 Å². The normalized spacial score (nSPS) is 15.5. The smallest absolute Gasteiger partial charge is 0.303 e. The predicted molar refractivity (Wildman–Crippen MR) is 98.7 cm³/mol. The van der Waals surface area contributed by atoms with Crippen molar-refractivity contribution < 1.29 is 20.1 Å². The second-order valence-corrected chi connectivity index (χ2v) is 5.40. The van der Waals surface area contributed by atoms with E-state index in [9.17, 15) is 15.0 Å². The predicted octanol–water partition coefficient (Wildman–Crippen LogP) is 3.93. The van der Waals surface area contributed by atoms with Gasteiger partial charge in [0.25, 0.3) is 0 Å². The number of rotatable bonds is 13. The molecule has 134 valence electrons. The van der Waals surface area contributed by atoms with Crippen molar-refractivity contribution in [3.05, 3.63) is 60.8 Å². The molecule has 4 heteroatoms. The highest BCUT2D eigenvalue weighted by Gasteiger charge is 2.01. The van der Waals surface area contributed by atoms with Gasteiger partial charge in [-0.1, -0.05) is 67.7 Å². The van der Waals surface area contributed by atoms with Crippen LogP contribution in [0.4, 0.5) is 0 Å². The third-order valence-corrected chi connectivity index (χ3v) is 3.11. The van der Waals surface area contributed by atoms with Crippen molar-refractivity contribution in [3.63, 3.8) is 0 Å². The van der Waals surface area contributed by atoms with Gasteiger partial charge in [-0.25, -0.2) is 0 Å². The van der Waals surface area contributed by atoms with E-state index in [-0.39, 0.29) is 6.42 Å². The second kappa shape index (κ2) is 16.0. The Hall–Kier alpha value is -1.91. The average molecular weight is 334 g/mol. The molecular formula is C20H30O4. The van der Waals surface area contributed by atoms with Gasteiger partial charge < -0.3 is 15.3 Å². The van der Waals surface area contributed by atoms with Crippen LogP contribution in [-0.2, 0) is 4.79 Å². The third kappa shape index (κ3) is 16.5. The maximum Gasteiger partial charge on any atom is 0.303 e. The first kappa shape index (κ1) is 22.1. The Bertz CT molecular complexity index is 458. The molecule has 0 saturated carbocycles. The standard InChI is InChI=1S/C20H30O4/c1-2-3-4-5-6-9-13-18(21)14-10-7-8-11-15-19(22)16-12-17-20(23)24/h3-4,6-11,14-15,18-19,21-22H,2,5,12-13,16-17H2,1H3,(H,23,24)/t18-,19-/m1/s1. The summed E-state index contributed by atoms with van der Waals surface area (Å²) in [5.74, 6) is -0.845. The average Bonchev–Trinajstić information content (AvgIpc) is 2.53. The zero-order chi connectivity index (χ0) is 18.0. The van der Waals surface area contributed by atoms with Crippen LogP contribution < -0.4 is 0 Å². The molecule has 0 aliphatic carbocycles. The van der Waals surface area contributed by atoms with Crippen molar-refractivity contribution in [2.24, 2.45) is 0 Å². The van der Waals surface area contributed by atoms with E-state index in [2.05, 4.69) is 19.1 Å². The first-order valence-electron chi connectivity index (χ1n) is 8.45. The molecule has 4 nitrogen and oxygen atoms in total. The van der Waals surface area contributed by atoms with Crippen LogP contribution in [0.25, 0.3) is 0 Å². The number of aliphatic carboxylic acids is 1. The van der Waals surface area contributed by atoms with Crippen LogP contribution in [0.1, 0.15) is 45.4 Å². The lowest BCUT2D eigenvalue weighted by Crippen LogP contribution is -2.03. The minimum absolute atomic E-state index is 0.0741. The molecule has 0 aliphatic rings. The maximum absolute atomic E-state index is 10.3. The van der Waals surface area contributed by atoms with Crippen molar-refractivity contribution in [2.45, 2.75) is 57.7 Å². The fourth-order valence-corrected chi connectivity index (χ4v) is 1.82. The highest BCUT2D eigenvalue weighted by atomic mass is 16.4. The number of carbonyl (C=O) groups is 1. The number of carboxylic acid groups (broad SMARTS) is 1. The largest absolute Gasteiger partial charge is 0.481 e. The Morgan fingerprint density at radius 3 is 2.17 bits per heavy atom. The topological polar surface area (TPSA) is 77.8 Å². The number of aliphatic hydroxyl groups is 2. The monoisotopic (exact) mass is 334 g/mol. The van der Waals surface area contributed by atoms with Gasteiger partial charge in [0.2, 0.25) is 0 Å². The van der Waals surface area contributed by atoms with Crippen molar-refractivity contribution in [1.29, 1.82) is 0 Å². The molecule has 0 aromatic carbocycles. The van der Waals surface area contributed by atoms with E-state index in [4.69, 9.17) is 5.11 Å². The fourth-order valence-electron chi connectivity index (χ4n) is 1.82. The molecule has 0 radical (unpaired) electrons. The first-order valence-corrected chi connectivity index (χ1v) is 8.45. The van der Waals surface area contributed by atoms with Crippen LogP contribution in [0, 0.1) is 0 Å². The van der Waals surface area contributed by atoms with Crippen LogP contribution in [0.2, 0.25) is 0 Å². The van der Waals surface area contributed by atoms with Crippen LogP contribution >= 0.6 is 0 Å². The Kier molecular flexibility index (Phi) is 14.7. The molecule has 0 rings (SSSR count). The molecule has 2 atom stereocenters. The van der Waals surface area contributed by atoms with Gasteiger partial charge >= 0.3 is 5.97 Å². The van der Waals surface area contributed by atoms with Crippen molar-refractivity contribution in [2.75, 3.05) is 0 Å². The molecule has 0 aliphatic heterocycles. The molecule has 0 heterocycles. The van der Waals surface area contributed by atoms with Gasteiger partial charge in [0.15, 0.2) is 0 Å². The van der Waals surface area contributed by atoms with E-state index in [1.54, 1.807) is 36.5 Å². The Morgan fingerprint density at radius 1 is 0.917 bits per heavy atom. The molecule has 0 fully saturated rings. The van der Waals surface area contributed by atoms with E-state index >= 15 is 0 Å². The van der Waals surface area contributed by atoms with E-state index in [1.165, 1.54) is 0 Å². The summed E-state index contributed by atoms with van der Waals surface area (Å²) in [6.07, 6.45) is 20.9. The molecule has 0 aromatic heterocycles. The van der Waals surface area contributed by atoms with E-state index in [1.807, 2.05) is 12.2 Å². The molecule has 24 heavy (non-hydrogen) atoms. The molecule has 0 aromatic rings. The van der Waals surface area contributed by atoms with Crippen molar-refractivity contribution in [1.82, 2.24) is 0 Å². The van der Waals surface area contributed by atoms with Crippen molar-refractivity contribution in [3.8, 4) is 0 Å². The molecule has 0 saturated heterocycles. The summed E-state index contributed by atoms with van der Waals surface area (Å²) in [5, 5.41) is 27.8.